The van der Waals surface area contributed by atoms with Gasteiger partial charge in [-0.05, 0) is 49.3 Å². The van der Waals surface area contributed by atoms with Gasteiger partial charge >= 0.3 is 0 Å². The number of nitrogens with one attached hydrogen (secondary N) is 2. The quantitative estimate of drug-likeness (QED) is 0.542. The monoisotopic (exact) mass is 421 g/mol. The van der Waals surface area contributed by atoms with Crippen molar-refractivity contribution in [1.29, 1.82) is 0 Å². The highest BCUT2D eigenvalue weighted by Crippen LogP contribution is 2.34. The SMILES string of the molecule is CCNC(=NCC1CCCOC1C(C)(C)C)NCCc1cc(F)cc2c1OCOC2. The van der Waals surface area contributed by atoms with Gasteiger partial charge in [0.1, 0.15) is 11.6 Å². The van der Waals surface area contributed by atoms with Crippen LogP contribution in [0.1, 0.15) is 51.7 Å². The zero-order valence-corrected chi connectivity index (χ0v) is 18.7. The molecule has 7 heteroatoms. The Kier molecular flexibility index (Phi) is 7.94. The lowest BCUT2D eigenvalue weighted by molar-refractivity contribution is -0.0823. The molecule has 2 aliphatic heterocycles. The number of aliphatic imine (C=N–C) groups is 1. The summed E-state index contributed by atoms with van der Waals surface area (Å²) in [6.45, 7) is 12.3. The normalized spacial score (nSPS) is 22.2. The first-order valence-electron chi connectivity index (χ1n) is 11.0. The van der Waals surface area contributed by atoms with E-state index in [2.05, 4.69) is 38.3 Å². The lowest BCUT2D eigenvalue weighted by atomic mass is 9.78. The molecule has 2 unspecified atom stereocenters. The molecule has 1 fully saturated rings. The average Bonchev–Trinajstić information content (AvgIpc) is 2.71. The number of rotatable bonds is 6. The first kappa shape index (κ1) is 22.8. The van der Waals surface area contributed by atoms with Gasteiger partial charge in [0, 0.05) is 37.7 Å². The summed E-state index contributed by atoms with van der Waals surface area (Å²) in [5, 5.41) is 6.69. The molecule has 0 spiro atoms. The zero-order chi connectivity index (χ0) is 21.6. The summed E-state index contributed by atoms with van der Waals surface area (Å²) in [5.41, 5.74) is 1.72. The molecule has 1 aromatic rings. The number of hydrogen-bond donors (Lipinski definition) is 2. The largest absolute Gasteiger partial charge is 0.467 e. The molecular weight excluding hydrogens is 385 g/mol. The second-order valence-electron chi connectivity index (χ2n) is 9.12. The summed E-state index contributed by atoms with van der Waals surface area (Å²) in [7, 11) is 0. The molecule has 0 amide bonds. The van der Waals surface area contributed by atoms with Crippen molar-refractivity contribution >= 4 is 5.96 Å². The lowest BCUT2D eigenvalue weighted by Crippen LogP contribution is -2.43. The molecule has 0 bridgehead atoms. The molecule has 168 valence electrons. The molecule has 2 N–H and O–H groups in total. The van der Waals surface area contributed by atoms with Crippen LogP contribution in [-0.2, 0) is 22.5 Å². The van der Waals surface area contributed by atoms with E-state index in [-0.39, 0.29) is 24.1 Å². The van der Waals surface area contributed by atoms with Crippen LogP contribution in [0, 0.1) is 17.2 Å². The number of halogens is 1. The smallest absolute Gasteiger partial charge is 0.191 e. The van der Waals surface area contributed by atoms with Crippen LogP contribution in [0.5, 0.6) is 5.75 Å². The average molecular weight is 422 g/mol. The van der Waals surface area contributed by atoms with Crippen LogP contribution in [0.3, 0.4) is 0 Å². The molecule has 0 aliphatic carbocycles. The Hall–Kier alpha value is -1.86. The maximum Gasteiger partial charge on any atom is 0.191 e. The zero-order valence-electron chi connectivity index (χ0n) is 18.7. The highest BCUT2D eigenvalue weighted by Gasteiger charge is 2.35. The van der Waals surface area contributed by atoms with E-state index in [1.807, 2.05) is 0 Å². The second-order valence-corrected chi connectivity index (χ2v) is 9.12. The summed E-state index contributed by atoms with van der Waals surface area (Å²) in [6.07, 6.45) is 3.09. The molecule has 3 rings (SSSR count). The summed E-state index contributed by atoms with van der Waals surface area (Å²) >= 11 is 0. The standard InChI is InChI=1S/C23H36FN3O3/c1-5-25-22(27-13-17-7-6-10-29-21(17)23(2,3)4)26-9-8-16-11-19(24)12-18-14-28-15-30-20(16)18/h11-12,17,21H,5-10,13-15H2,1-4H3,(H2,25,26,27). The van der Waals surface area contributed by atoms with E-state index in [4.69, 9.17) is 19.2 Å². The van der Waals surface area contributed by atoms with Crippen LogP contribution in [0.25, 0.3) is 0 Å². The fourth-order valence-corrected chi connectivity index (χ4v) is 4.30. The topological polar surface area (TPSA) is 64.1 Å². The number of nitrogens with zero attached hydrogens (tertiary/aromatic N) is 1. The van der Waals surface area contributed by atoms with Crippen LogP contribution >= 0.6 is 0 Å². The van der Waals surface area contributed by atoms with Crippen molar-refractivity contribution in [3.05, 3.63) is 29.1 Å². The first-order valence-corrected chi connectivity index (χ1v) is 11.0. The minimum absolute atomic E-state index is 0.104. The van der Waals surface area contributed by atoms with Crippen molar-refractivity contribution in [3.8, 4) is 5.75 Å². The predicted molar refractivity (Wildman–Crippen MR) is 116 cm³/mol. The number of fused-ring (bicyclic) bond motifs is 1. The molecule has 1 saturated heterocycles. The Balaban J connectivity index is 1.60. The molecular formula is C23H36FN3O3. The van der Waals surface area contributed by atoms with Gasteiger partial charge in [-0.2, -0.15) is 0 Å². The van der Waals surface area contributed by atoms with Gasteiger partial charge in [-0.25, -0.2) is 4.39 Å². The van der Waals surface area contributed by atoms with Crippen LogP contribution in [0.4, 0.5) is 4.39 Å². The van der Waals surface area contributed by atoms with E-state index in [0.717, 1.165) is 55.4 Å². The number of guanidine groups is 1. The summed E-state index contributed by atoms with van der Waals surface area (Å²) in [4.78, 5) is 4.83. The summed E-state index contributed by atoms with van der Waals surface area (Å²) < 4.78 is 30.9. The van der Waals surface area contributed by atoms with Crippen molar-refractivity contribution in [2.24, 2.45) is 16.3 Å². The van der Waals surface area contributed by atoms with Gasteiger partial charge in [0.25, 0.3) is 0 Å². The molecule has 0 radical (unpaired) electrons. The van der Waals surface area contributed by atoms with E-state index in [9.17, 15) is 4.39 Å². The van der Waals surface area contributed by atoms with E-state index in [1.165, 1.54) is 6.07 Å². The molecule has 2 aliphatic rings. The molecule has 0 aromatic heterocycles. The van der Waals surface area contributed by atoms with Gasteiger partial charge in [-0.1, -0.05) is 20.8 Å². The fourth-order valence-electron chi connectivity index (χ4n) is 4.30. The van der Waals surface area contributed by atoms with Crippen LogP contribution in [0.2, 0.25) is 0 Å². The van der Waals surface area contributed by atoms with E-state index < -0.39 is 0 Å². The number of benzene rings is 1. The first-order chi connectivity index (χ1) is 14.4. The van der Waals surface area contributed by atoms with Gasteiger partial charge in [0.05, 0.1) is 12.7 Å². The molecule has 6 nitrogen and oxygen atoms in total. The Morgan fingerprint density at radius 2 is 2.10 bits per heavy atom. The Morgan fingerprint density at radius 1 is 1.27 bits per heavy atom. The van der Waals surface area contributed by atoms with Crippen LogP contribution < -0.4 is 15.4 Å². The third-order valence-corrected chi connectivity index (χ3v) is 5.56. The van der Waals surface area contributed by atoms with E-state index >= 15 is 0 Å². The highest BCUT2D eigenvalue weighted by atomic mass is 19.1. The number of ether oxygens (including phenoxy) is 3. The van der Waals surface area contributed by atoms with Crippen molar-refractivity contribution in [1.82, 2.24) is 10.6 Å². The predicted octanol–water partition coefficient (Wildman–Crippen LogP) is 3.63. The van der Waals surface area contributed by atoms with Gasteiger partial charge in [-0.15, -0.1) is 0 Å². The van der Waals surface area contributed by atoms with E-state index in [0.29, 0.717) is 25.5 Å². The lowest BCUT2D eigenvalue weighted by Gasteiger charge is -2.39. The third kappa shape index (κ3) is 6.08. The van der Waals surface area contributed by atoms with Crippen molar-refractivity contribution in [2.45, 2.75) is 59.7 Å². The minimum atomic E-state index is -0.260. The van der Waals surface area contributed by atoms with Crippen molar-refractivity contribution in [3.63, 3.8) is 0 Å². The van der Waals surface area contributed by atoms with E-state index in [1.54, 1.807) is 6.07 Å². The molecule has 1 aromatic carbocycles. The van der Waals surface area contributed by atoms with Crippen LogP contribution in [-0.4, -0.2) is 45.1 Å². The Morgan fingerprint density at radius 3 is 2.87 bits per heavy atom. The minimum Gasteiger partial charge on any atom is -0.467 e. The molecule has 2 heterocycles. The van der Waals surface area contributed by atoms with Crippen LogP contribution in [0.15, 0.2) is 17.1 Å². The molecule has 2 atom stereocenters. The Bertz CT molecular complexity index is 733. The maximum absolute atomic E-state index is 13.9. The van der Waals surface area contributed by atoms with Crippen molar-refractivity contribution in [2.75, 3.05) is 33.0 Å². The molecule has 30 heavy (non-hydrogen) atoms. The fraction of sp³-hybridized carbons (Fsp3) is 0.696. The summed E-state index contributed by atoms with van der Waals surface area (Å²) in [5.74, 6) is 1.69. The van der Waals surface area contributed by atoms with Gasteiger partial charge in [0.15, 0.2) is 12.8 Å². The van der Waals surface area contributed by atoms with Gasteiger partial charge < -0.3 is 24.8 Å². The third-order valence-electron chi connectivity index (χ3n) is 5.56. The highest BCUT2D eigenvalue weighted by molar-refractivity contribution is 5.79. The molecule has 0 saturated carbocycles. The van der Waals surface area contributed by atoms with Gasteiger partial charge in [0.2, 0.25) is 0 Å². The van der Waals surface area contributed by atoms with Crippen molar-refractivity contribution < 1.29 is 18.6 Å². The second kappa shape index (κ2) is 10.4. The van der Waals surface area contributed by atoms with Gasteiger partial charge in [-0.3, -0.25) is 4.99 Å². The number of hydrogen-bond acceptors (Lipinski definition) is 4. The maximum atomic E-state index is 13.9. The summed E-state index contributed by atoms with van der Waals surface area (Å²) in [6, 6.07) is 3.03. The Labute approximate surface area is 179 Å².